The van der Waals surface area contributed by atoms with Crippen LogP contribution in [0, 0.1) is 46.3 Å². The summed E-state index contributed by atoms with van der Waals surface area (Å²) in [5, 5.41) is -0.832. The quantitative estimate of drug-likeness (QED) is 0.251. The van der Waals surface area contributed by atoms with Gasteiger partial charge in [-0.15, -0.1) is 0 Å². The molecule has 0 N–H and O–H groups in total. The molecule has 4 nitrogen and oxygen atoms in total. The molecule has 5 atom stereocenters. The summed E-state index contributed by atoms with van der Waals surface area (Å²) < 4.78 is 81.9. The molecular weight excluding hydrogens is 395 g/mol. The molecule has 4 rings (SSSR count). The van der Waals surface area contributed by atoms with Crippen LogP contribution >= 0.6 is 12.2 Å². The molecule has 0 unspecified atom stereocenters. The highest BCUT2D eigenvalue weighted by Gasteiger charge is 2.77. The minimum Gasteiger partial charge on any atom is -0.455 e. The molecule has 2 saturated carbocycles. The first kappa shape index (κ1) is 18.5. The minimum absolute atomic E-state index is 0.0146. The molecule has 10 heteroatoms. The van der Waals surface area contributed by atoms with E-state index < -0.39 is 45.5 Å². The Morgan fingerprint density at radius 3 is 2.26 bits per heavy atom. The van der Waals surface area contributed by atoms with Crippen molar-refractivity contribution < 1.29 is 41.0 Å². The summed E-state index contributed by atoms with van der Waals surface area (Å²) in [4.78, 5) is 12.3. The van der Waals surface area contributed by atoms with Crippen molar-refractivity contribution in [1.29, 1.82) is 0 Å². The molecule has 146 valence electrons. The van der Waals surface area contributed by atoms with Crippen molar-refractivity contribution in [3.05, 3.63) is 29.1 Å². The maximum absolute atomic E-state index is 13.6. The predicted molar refractivity (Wildman–Crippen MR) is 83.4 cm³/mol. The fraction of sp³-hybridized carbons (Fsp3) is 0.529. The molecule has 0 radical (unpaired) electrons. The lowest BCUT2D eigenvalue weighted by atomic mass is 9.96. The van der Waals surface area contributed by atoms with Gasteiger partial charge in [0, 0.05) is 24.6 Å². The molecule has 0 aromatic heterocycles. The number of fused-ring (bicyclic) bond motifs is 1. The first-order valence-electron chi connectivity index (χ1n) is 8.25. The van der Waals surface area contributed by atoms with Crippen LogP contribution in [-0.4, -0.2) is 29.8 Å². The highest BCUT2D eigenvalue weighted by Crippen LogP contribution is 2.70. The van der Waals surface area contributed by atoms with Gasteiger partial charge in [0.1, 0.15) is 12.4 Å². The van der Waals surface area contributed by atoms with Gasteiger partial charge in [-0.2, -0.15) is 8.78 Å². The Morgan fingerprint density at radius 2 is 1.70 bits per heavy atom. The van der Waals surface area contributed by atoms with Crippen molar-refractivity contribution in [3.8, 4) is 5.75 Å². The van der Waals surface area contributed by atoms with Crippen molar-refractivity contribution >= 4 is 23.2 Å². The molecule has 1 aromatic rings. The molecule has 0 bridgehead atoms. The minimum atomic E-state index is -2.30. The lowest BCUT2D eigenvalue weighted by molar-refractivity contribution is -0.124. The summed E-state index contributed by atoms with van der Waals surface area (Å²) in [6, 6.07) is 0. The Bertz CT molecular complexity index is 833. The van der Waals surface area contributed by atoms with E-state index in [0.29, 0.717) is 12.8 Å². The zero-order chi connectivity index (χ0) is 19.7. The molecule has 0 spiro atoms. The topological polar surface area (TPSA) is 48.1 Å². The maximum atomic E-state index is 13.6. The van der Waals surface area contributed by atoms with E-state index >= 15 is 0 Å². The van der Waals surface area contributed by atoms with Crippen molar-refractivity contribution in [2.45, 2.75) is 32.0 Å². The number of halogens is 5. The Hall–Kier alpha value is -1.81. The average molecular weight is 408 g/mol. The number of carbonyl (C=O) groups excluding carboxylic acids is 1. The third kappa shape index (κ3) is 2.64. The van der Waals surface area contributed by atoms with E-state index in [2.05, 4.69) is 4.74 Å². The van der Waals surface area contributed by atoms with Crippen molar-refractivity contribution in [3.63, 3.8) is 0 Å². The number of Topliss-reactive ketones (excluding diaryl/α,β-unsaturated/α-hetero) is 1. The van der Waals surface area contributed by atoms with Gasteiger partial charge < -0.3 is 14.2 Å². The van der Waals surface area contributed by atoms with E-state index in [-0.39, 0.29) is 36.4 Å². The van der Waals surface area contributed by atoms with Gasteiger partial charge in [-0.05, 0) is 19.3 Å². The number of hydrogen-bond acceptors (Lipinski definition) is 5. The smallest absolute Gasteiger partial charge is 0.358 e. The van der Waals surface area contributed by atoms with Crippen LogP contribution in [0.15, 0.2) is 0 Å². The highest BCUT2D eigenvalue weighted by atomic mass is 32.1. The zero-order valence-corrected chi connectivity index (χ0v) is 14.7. The third-order valence-corrected chi connectivity index (χ3v) is 5.88. The van der Waals surface area contributed by atoms with Crippen LogP contribution in [0.5, 0.6) is 5.75 Å². The fourth-order valence-corrected chi connectivity index (χ4v) is 4.39. The molecule has 1 aromatic carbocycles. The van der Waals surface area contributed by atoms with Gasteiger partial charge in [0.15, 0.2) is 0 Å². The van der Waals surface area contributed by atoms with Gasteiger partial charge >= 0.3 is 5.24 Å². The van der Waals surface area contributed by atoms with Gasteiger partial charge in [-0.3, -0.25) is 4.79 Å². The van der Waals surface area contributed by atoms with Crippen LogP contribution in [0.4, 0.5) is 22.0 Å². The molecule has 0 amide bonds. The van der Waals surface area contributed by atoms with E-state index in [1.54, 1.807) is 0 Å². The monoisotopic (exact) mass is 408 g/mol. The molecule has 2 aliphatic carbocycles. The van der Waals surface area contributed by atoms with Crippen LogP contribution < -0.4 is 4.74 Å². The molecule has 1 heterocycles. The first-order chi connectivity index (χ1) is 12.7. The number of thiocarbonyl (C=S) groups is 1. The second-order valence-corrected chi connectivity index (χ2v) is 7.31. The third-order valence-electron chi connectivity index (χ3n) is 5.68. The van der Waals surface area contributed by atoms with Crippen LogP contribution in [0.25, 0.3) is 0 Å². The Balaban J connectivity index is 1.46. The van der Waals surface area contributed by atoms with E-state index in [1.165, 1.54) is 0 Å². The summed E-state index contributed by atoms with van der Waals surface area (Å²) in [7, 11) is 0. The SMILES string of the molecule is C[C@H]1O[C@@H]1[C@H]1[C@@H]2CCC(=O)[C@]12COC(=S)Oc1c(F)c(F)c(F)c(F)c1F. The van der Waals surface area contributed by atoms with Gasteiger partial charge in [0.05, 0.1) is 17.6 Å². The number of carbonyl (C=O) groups is 1. The summed E-state index contributed by atoms with van der Waals surface area (Å²) in [5.74, 6) is -12.4. The van der Waals surface area contributed by atoms with Gasteiger partial charge in [0.2, 0.25) is 34.8 Å². The summed E-state index contributed by atoms with van der Waals surface area (Å²) in [6.45, 7) is 1.69. The zero-order valence-electron chi connectivity index (χ0n) is 13.9. The lowest BCUT2D eigenvalue weighted by Gasteiger charge is -2.16. The van der Waals surface area contributed by atoms with Crippen molar-refractivity contribution in [2.75, 3.05) is 6.61 Å². The largest absolute Gasteiger partial charge is 0.455 e. The highest BCUT2D eigenvalue weighted by molar-refractivity contribution is 7.79. The second-order valence-electron chi connectivity index (χ2n) is 6.98. The van der Waals surface area contributed by atoms with E-state index in [1.807, 2.05) is 6.92 Å². The van der Waals surface area contributed by atoms with E-state index in [0.717, 1.165) is 0 Å². The molecule has 1 saturated heterocycles. The average Bonchev–Trinajstić information content (AvgIpc) is 3.49. The summed E-state index contributed by atoms with van der Waals surface area (Å²) in [5.41, 5.74) is -0.792. The second kappa shape index (κ2) is 6.10. The molecule has 27 heavy (non-hydrogen) atoms. The standard InChI is InChI=1S/C17H13F5O4S/c1-5-14(25-5)8-6-2-3-7(23)17(6,8)4-24-16(27)26-15-12(21)10(19)9(18)11(20)13(15)22/h5-6,8,14H,2-4H2,1H3/t5-,6+,8-,14+,17-/m1/s1. The Labute approximate surface area is 155 Å². The number of ether oxygens (including phenoxy) is 3. The number of benzene rings is 1. The van der Waals surface area contributed by atoms with E-state index in [9.17, 15) is 26.7 Å². The van der Waals surface area contributed by atoms with Gasteiger partial charge in [-0.25, -0.2) is 13.2 Å². The first-order valence-corrected chi connectivity index (χ1v) is 8.65. The van der Waals surface area contributed by atoms with Gasteiger partial charge in [0.25, 0.3) is 0 Å². The molecular formula is C17H13F5O4S. The fourth-order valence-electron chi connectivity index (χ4n) is 4.25. The normalized spacial score (nSPS) is 33.6. The van der Waals surface area contributed by atoms with Crippen LogP contribution in [-0.2, 0) is 14.3 Å². The Morgan fingerprint density at radius 1 is 1.15 bits per heavy atom. The van der Waals surface area contributed by atoms with Gasteiger partial charge in [-0.1, -0.05) is 0 Å². The van der Waals surface area contributed by atoms with Crippen LogP contribution in [0.2, 0.25) is 0 Å². The number of hydrogen-bond donors (Lipinski definition) is 0. The molecule has 1 aliphatic heterocycles. The lowest BCUT2D eigenvalue weighted by Crippen LogP contribution is -2.27. The van der Waals surface area contributed by atoms with Crippen molar-refractivity contribution in [1.82, 2.24) is 0 Å². The summed E-state index contributed by atoms with van der Waals surface area (Å²) >= 11 is 4.70. The number of epoxide rings is 1. The maximum Gasteiger partial charge on any atom is 0.358 e. The van der Waals surface area contributed by atoms with Crippen LogP contribution in [0.1, 0.15) is 19.8 Å². The van der Waals surface area contributed by atoms with E-state index in [4.69, 9.17) is 21.7 Å². The predicted octanol–water partition coefficient (Wildman–Crippen LogP) is 3.45. The molecule has 3 fully saturated rings. The van der Waals surface area contributed by atoms with Crippen LogP contribution in [0.3, 0.4) is 0 Å². The van der Waals surface area contributed by atoms with Crippen molar-refractivity contribution in [2.24, 2.45) is 17.3 Å². The summed E-state index contributed by atoms with van der Waals surface area (Å²) in [6.07, 6.45) is 1.07. The molecule has 3 aliphatic rings. The number of ketones is 1. The Kier molecular flexibility index (Phi) is 4.19. The number of rotatable bonds is 4.